The van der Waals surface area contributed by atoms with Crippen molar-refractivity contribution < 1.29 is 42.6 Å². The molecule has 3 rings (SSSR count). The van der Waals surface area contributed by atoms with Crippen molar-refractivity contribution >= 4 is 23.8 Å². The molecule has 3 aliphatic rings. The molecule has 3 fully saturated rings. The molecule has 0 radical (unpaired) electrons. The number of hydrogen-bond donors (Lipinski definition) is 2. The van der Waals surface area contributed by atoms with Gasteiger partial charge in [-0.15, -0.1) is 0 Å². The standard InChI is InChI=1S/C19H31N3O4.C2HF3O2/c23-16(21-9-5-6-10-21)15-20-11-13-22(14-12-20)17(24)19(18(25)26)7-3-1-2-4-8-19;3-2(4,5)1(6)7/h1-15H2,(H,25,26);(H,6,7). The Balaban J connectivity index is 0.000000479. The summed E-state index contributed by atoms with van der Waals surface area (Å²) in [7, 11) is 0. The first-order valence-electron chi connectivity index (χ1n) is 11.3. The van der Waals surface area contributed by atoms with Gasteiger partial charge in [-0.05, 0) is 25.7 Å². The molecule has 2 aliphatic heterocycles. The number of nitrogens with zero attached hydrogens (tertiary/aromatic N) is 3. The lowest BCUT2D eigenvalue weighted by Crippen LogP contribution is -2.56. The van der Waals surface area contributed by atoms with Gasteiger partial charge in [0, 0.05) is 39.3 Å². The van der Waals surface area contributed by atoms with Crippen LogP contribution in [0.3, 0.4) is 0 Å². The van der Waals surface area contributed by atoms with Crippen LogP contribution in [0.5, 0.6) is 0 Å². The summed E-state index contributed by atoms with van der Waals surface area (Å²) in [6, 6.07) is 0. The van der Waals surface area contributed by atoms with Crippen molar-refractivity contribution in [2.45, 2.75) is 57.5 Å². The molecule has 2 saturated heterocycles. The molecule has 2 N–H and O–H groups in total. The summed E-state index contributed by atoms with van der Waals surface area (Å²) >= 11 is 0. The van der Waals surface area contributed by atoms with Crippen molar-refractivity contribution in [2.24, 2.45) is 5.41 Å². The Morgan fingerprint density at radius 2 is 1.21 bits per heavy atom. The summed E-state index contributed by atoms with van der Waals surface area (Å²) in [5.74, 6) is -3.76. The Bertz CT molecular complexity index is 709. The Hall–Kier alpha value is -2.37. The van der Waals surface area contributed by atoms with Gasteiger partial charge in [0.2, 0.25) is 11.8 Å². The number of likely N-dealkylation sites (tertiary alicyclic amines) is 1. The van der Waals surface area contributed by atoms with Crippen LogP contribution < -0.4 is 0 Å². The first-order valence-corrected chi connectivity index (χ1v) is 11.3. The van der Waals surface area contributed by atoms with E-state index in [-0.39, 0.29) is 11.8 Å². The minimum absolute atomic E-state index is 0.174. The number of alkyl halides is 3. The number of halogens is 3. The summed E-state index contributed by atoms with van der Waals surface area (Å²) in [5, 5.41) is 16.9. The predicted octanol–water partition coefficient (Wildman–Crippen LogP) is 1.81. The normalized spacial score (nSPS) is 21.5. The third-order valence-corrected chi connectivity index (χ3v) is 6.50. The SMILES string of the molecule is O=C(CN1CCN(C(=O)C2(C(=O)O)CCCCCC2)CC1)N1CCCC1.O=C(O)C(F)(F)F. The van der Waals surface area contributed by atoms with Gasteiger partial charge in [-0.1, -0.05) is 25.7 Å². The van der Waals surface area contributed by atoms with E-state index in [9.17, 15) is 32.7 Å². The van der Waals surface area contributed by atoms with Gasteiger partial charge in [0.25, 0.3) is 0 Å². The smallest absolute Gasteiger partial charge is 0.480 e. The van der Waals surface area contributed by atoms with Crippen LogP contribution >= 0.6 is 0 Å². The van der Waals surface area contributed by atoms with Crippen molar-refractivity contribution in [3.8, 4) is 0 Å². The molecular formula is C21H32F3N3O6. The summed E-state index contributed by atoms with van der Waals surface area (Å²) in [6.07, 6.45) is 1.63. The van der Waals surface area contributed by atoms with Crippen molar-refractivity contribution in [3.63, 3.8) is 0 Å². The van der Waals surface area contributed by atoms with E-state index in [1.807, 2.05) is 4.90 Å². The molecule has 33 heavy (non-hydrogen) atoms. The summed E-state index contributed by atoms with van der Waals surface area (Å²) in [4.78, 5) is 51.9. The van der Waals surface area contributed by atoms with Crippen molar-refractivity contribution in [1.82, 2.24) is 14.7 Å². The molecule has 0 aromatic carbocycles. The summed E-state index contributed by atoms with van der Waals surface area (Å²) in [6.45, 7) is 4.44. The lowest BCUT2D eigenvalue weighted by atomic mass is 9.79. The van der Waals surface area contributed by atoms with Crippen molar-refractivity contribution in [1.29, 1.82) is 0 Å². The second-order valence-corrected chi connectivity index (χ2v) is 8.76. The highest BCUT2D eigenvalue weighted by atomic mass is 19.4. The number of piperazine rings is 1. The molecular weight excluding hydrogens is 447 g/mol. The first kappa shape index (κ1) is 26.9. The molecule has 0 aromatic rings. The molecule has 0 aromatic heterocycles. The van der Waals surface area contributed by atoms with Gasteiger partial charge in [0.1, 0.15) is 5.41 Å². The molecule has 0 atom stereocenters. The van der Waals surface area contributed by atoms with E-state index in [0.717, 1.165) is 51.6 Å². The van der Waals surface area contributed by atoms with Gasteiger partial charge in [-0.25, -0.2) is 4.79 Å². The quantitative estimate of drug-likeness (QED) is 0.466. The molecule has 1 aliphatic carbocycles. The summed E-state index contributed by atoms with van der Waals surface area (Å²) in [5.41, 5.74) is -1.23. The van der Waals surface area contributed by atoms with E-state index >= 15 is 0 Å². The van der Waals surface area contributed by atoms with Crippen LogP contribution in [0.25, 0.3) is 0 Å². The Morgan fingerprint density at radius 3 is 1.64 bits per heavy atom. The fourth-order valence-electron chi connectivity index (χ4n) is 4.52. The zero-order valence-corrected chi connectivity index (χ0v) is 18.6. The van der Waals surface area contributed by atoms with Crippen LogP contribution in [-0.4, -0.2) is 101 Å². The Labute approximate surface area is 190 Å². The number of carbonyl (C=O) groups is 4. The number of aliphatic carboxylic acids is 2. The van der Waals surface area contributed by atoms with Crippen LogP contribution in [0.1, 0.15) is 51.4 Å². The van der Waals surface area contributed by atoms with Gasteiger partial charge < -0.3 is 20.0 Å². The topological polar surface area (TPSA) is 118 Å². The number of carboxylic acid groups (broad SMARTS) is 2. The maximum Gasteiger partial charge on any atom is 0.490 e. The fraction of sp³-hybridized carbons (Fsp3) is 0.810. The van der Waals surface area contributed by atoms with Crippen molar-refractivity contribution in [2.75, 3.05) is 45.8 Å². The third-order valence-electron chi connectivity index (χ3n) is 6.50. The van der Waals surface area contributed by atoms with Crippen LogP contribution in [0.4, 0.5) is 13.2 Å². The molecule has 2 heterocycles. The van der Waals surface area contributed by atoms with E-state index in [2.05, 4.69) is 4.90 Å². The van der Waals surface area contributed by atoms with Gasteiger partial charge in [-0.2, -0.15) is 13.2 Å². The maximum atomic E-state index is 13.1. The summed E-state index contributed by atoms with van der Waals surface area (Å²) < 4.78 is 31.7. The highest BCUT2D eigenvalue weighted by molar-refractivity contribution is 6.02. The van der Waals surface area contributed by atoms with Crippen LogP contribution in [0.15, 0.2) is 0 Å². The predicted molar refractivity (Wildman–Crippen MR) is 110 cm³/mol. The average Bonchev–Trinajstić information content (AvgIpc) is 3.18. The second kappa shape index (κ2) is 11.7. The van der Waals surface area contributed by atoms with Crippen LogP contribution in [-0.2, 0) is 19.2 Å². The minimum Gasteiger partial charge on any atom is -0.480 e. The van der Waals surface area contributed by atoms with E-state index in [1.165, 1.54) is 0 Å². The van der Waals surface area contributed by atoms with Gasteiger partial charge in [0.05, 0.1) is 6.54 Å². The largest absolute Gasteiger partial charge is 0.490 e. The van der Waals surface area contributed by atoms with Crippen molar-refractivity contribution in [3.05, 3.63) is 0 Å². The average molecular weight is 479 g/mol. The zero-order valence-electron chi connectivity index (χ0n) is 18.6. The van der Waals surface area contributed by atoms with E-state index in [0.29, 0.717) is 45.6 Å². The van der Waals surface area contributed by atoms with Gasteiger partial charge in [-0.3, -0.25) is 19.3 Å². The van der Waals surface area contributed by atoms with E-state index in [1.54, 1.807) is 4.90 Å². The fourth-order valence-corrected chi connectivity index (χ4v) is 4.52. The van der Waals surface area contributed by atoms with Crippen LogP contribution in [0.2, 0.25) is 0 Å². The monoisotopic (exact) mass is 479 g/mol. The number of hydrogen-bond acceptors (Lipinski definition) is 5. The van der Waals surface area contributed by atoms with E-state index < -0.39 is 23.5 Å². The zero-order chi connectivity index (χ0) is 24.6. The number of rotatable bonds is 4. The third kappa shape index (κ3) is 7.31. The number of carbonyl (C=O) groups excluding carboxylic acids is 2. The Kier molecular flexibility index (Phi) is 9.50. The van der Waals surface area contributed by atoms with Gasteiger partial charge >= 0.3 is 18.1 Å². The number of carboxylic acids is 2. The molecule has 188 valence electrons. The highest BCUT2D eigenvalue weighted by Gasteiger charge is 2.48. The Morgan fingerprint density at radius 1 is 0.727 bits per heavy atom. The number of amides is 2. The lowest BCUT2D eigenvalue weighted by Gasteiger charge is -2.39. The molecule has 0 unspecified atom stereocenters. The molecule has 0 bridgehead atoms. The highest BCUT2D eigenvalue weighted by Crippen LogP contribution is 2.37. The lowest BCUT2D eigenvalue weighted by molar-refractivity contribution is -0.192. The molecule has 1 saturated carbocycles. The molecule has 0 spiro atoms. The van der Waals surface area contributed by atoms with Gasteiger partial charge in [0.15, 0.2) is 0 Å². The maximum absolute atomic E-state index is 13.1. The minimum atomic E-state index is -5.08. The van der Waals surface area contributed by atoms with E-state index in [4.69, 9.17) is 9.90 Å². The first-order chi connectivity index (χ1) is 15.5. The van der Waals surface area contributed by atoms with Crippen LogP contribution in [0, 0.1) is 5.41 Å². The molecule has 2 amide bonds. The molecule has 9 nitrogen and oxygen atoms in total. The molecule has 12 heteroatoms. The second-order valence-electron chi connectivity index (χ2n) is 8.76.